The van der Waals surface area contributed by atoms with Gasteiger partial charge in [-0.1, -0.05) is 12.1 Å². The van der Waals surface area contributed by atoms with Crippen molar-refractivity contribution < 1.29 is 24.5 Å². The highest BCUT2D eigenvalue weighted by atomic mass is 32.2. The van der Waals surface area contributed by atoms with Crippen LogP contribution in [0.15, 0.2) is 23.0 Å². The summed E-state index contributed by atoms with van der Waals surface area (Å²) in [6, 6.07) is 4.13. The summed E-state index contributed by atoms with van der Waals surface area (Å²) >= 11 is 1.38. The quantitative estimate of drug-likeness (QED) is 0.497. The van der Waals surface area contributed by atoms with E-state index in [4.69, 9.17) is 10.5 Å². The van der Waals surface area contributed by atoms with Crippen LogP contribution in [-0.2, 0) is 15.1 Å². The molecule has 0 aliphatic carbocycles. The summed E-state index contributed by atoms with van der Waals surface area (Å²) in [6.07, 6.45) is 1.81. The number of fused-ring (bicyclic) bond motifs is 1. The molecule has 1 aliphatic heterocycles. The predicted octanol–water partition coefficient (Wildman–Crippen LogP) is 0.837. The molecule has 3 rings (SSSR count). The van der Waals surface area contributed by atoms with Gasteiger partial charge in [0, 0.05) is 24.2 Å². The molecule has 1 fully saturated rings. The van der Waals surface area contributed by atoms with E-state index in [0.717, 1.165) is 0 Å². The number of para-hydroxylation sites is 1. The first-order valence-corrected chi connectivity index (χ1v) is 10.8. The minimum atomic E-state index is -2.24. The summed E-state index contributed by atoms with van der Waals surface area (Å²) in [5, 5.41) is 20.3. The Morgan fingerprint density at radius 3 is 2.57 bits per heavy atom. The lowest BCUT2D eigenvalue weighted by molar-refractivity contribution is -0.147. The third-order valence-corrected chi connectivity index (χ3v) is 6.21. The zero-order chi connectivity index (χ0) is 22.1. The van der Waals surface area contributed by atoms with Gasteiger partial charge in [0.25, 0.3) is 0 Å². The molecule has 2 aromatic rings. The van der Waals surface area contributed by atoms with Crippen molar-refractivity contribution in [3.05, 3.63) is 45.2 Å². The molecule has 10 heteroatoms. The van der Waals surface area contributed by atoms with Crippen LogP contribution in [0.2, 0.25) is 0 Å². The molecule has 30 heavy (non-hydrogen) atoms. The monoisotopic (exact) mass is 435 g/mol. The fourth-order valence-electron chi connectivity index (χ4n) is 4.00. The van der Waals surface area contributed by atoms with E-state index in [0.29, 0.717) is 43.1 Å². The minimum Gasteiger partial charge on any atom is -0.480 e. The van der Waals surface area contributed by atoms with Crippen LogP contribution in [0.4, 0.5) is 0 Å². The summed E-state index contributed by atoms with van der Waals surface area (Å²) in [7, 11) is 0. The van der Waals surface area contributed by atoms with E-state index in [-0.39, 0.29) is 5.39 Å². The standard InChI is InChI=1S/C20H25N3O6S/c1-11-4-3-5-12-15(11)22-16(18(25)26)14(17(12)24)20(21,19(27)28)13(10-30-2)23-6-8-29-9-7-23/h3-5,13H,6-10,21H2,1-2H3,(H,22,24)(H,25,26)(H,27,28). The SMILES string of the molecule is CSCC(N1CCOCC1)C(N)(C(=O)O)c1c(C(=O)O)[nH]c2c(C)cccc2c1=O. The number of aromatic nitrogens is 1. The number of benzene rings is 1. The molecule has 9 nitrogen and oxygen atoms in total. The van der Waals surface area contributed by atoms with Gasteiger partial charge in [-0.05, 0) is 24.8 Å². The van der Waals surface area contributed by atoms with Gasteiger partial charge in [0.05, 0.1) is 30.3 Å². The summed E-state index contributed by atoms with van der Waals surface area (Å²) in [5.74, 6) is -2.59. The van der Waals surface area contributed by atoms with Crippen molar-refractivity contribution in [2.45, 2.75) is 18.5 Å². The Kier molecular flexibility index (Phi) is 6.51. The zero-order valence-corrected chi connectivity index (χ0v) is 17.6. The van der Waals surface area contributed by atoms with E-state index in [1.165, 1.54) is 17.8 Å². The number of hydrogen-bond acceptors (Lipinski definition) is 7. The topological polar surface area (TPSA) is 146 Å². The highest BCUT2D eigenvalue weighted by molar-refractivity contribution is 7.98. The van der Waals surface area contributed by atoms with Crippen LogP contribution in [-0.4, -0.2) is 76.4 Å². The Morgan fingerprint density at radius 1 is 1.33 bits per heavy atom. The maximum Gasteiger partial charge on any atom is 0.352 e. The molecule has 1 aromatic carbocycles. The van der Waals surface area contributed by atoms with Crippen molar-refractivity contribution in [1.29, 1.82) is 0 Å². The number of hydrogen-bond donors (Lipinski definition) is 4. The molecule has 162 valence electrons. The molecule has 0 amide bonds. The summed E-state index contributed by atoms with van der Waals surface area (Å²) in [5.41, 5.74) is 3.68. The number of carbonyl (C=O) groups is 2. The number of pyridine rings is 1. The molecule has 2 atom stereocenters. The molecule has 1 aromatic heterocycles. The lowest BCUT2D eigenvalue weighted by Gasteiger charge is -2.42. The number of nitrogens with one attached hydrogen (secondary N) is 1. The smallest absolute Gasteiger partial charge is 0.352 e. The Labute approximate surface area is 177 Å². The van der Waals surface area contributed by atoms with Crippen molar-refractivity contribution in [2.24, 2.45) is 5.73 Å². The van der Waals surface area contributed by atoms with Crippen molar-refractivity contribution in [2.75, 3.05) is 38.3 Å². The number of aromatic carboxylic acids is 1. The van der Waals surface area contributed by atoms with Crippen LogP contribution >= 0.6 is 11.8 Å². The van der Waals surface area contributed by atoms with Gasteiger partial charge < -0.3 is 25.7 Å². The van der Waals surface area contributed by atoms with Crippen molar-refractivity contribution in [1.82, 2.24) is 9.88 Å². The second kappa shape index (κ2) is 8.76. The number of morpholine rings is 1. The number of carboxylic acid groups (broad SMARTS) is 2. The van der Waals surface area contributed by atoms with Crippen LogP contribution in [0.3, 0.4) is 0 Å². The van der Waals surface area contributed by atoms with Crippen LogP contribution in [0.5, 0.6) is 0 Å². The number of aliphatic carboxylic acids is 1. The molecule has 0 radical (unpaired) electrons. The number of aromatic amines is 1. The molecule has 0 bridgehead atoms. The molecular formula is C20H25N3O6S. The number of aryl methyl sites for hydroxylation is 1. The normalized spacial score (nSPS) is 18.1. The maximum atomic E-state index is 13.5. The zero-order valence-electron chi connectivity index (χ0n) is 16.8. The van der Waals surface area contributed by atoms with E-state index in [1.807, 2.05) is 11.2 Å². The Hall–Kier alpha value is -2.40. The summed E-state index contributed by atoms with van der Waals surface area (Å²) in [6.45, 7) is 3.41. The van der Waals surface area contributed by atoms with Crippen LogP contribution in [0.25, 0.3) is 10.9 Å². The number of nitrogens with two attached hydrogens (primary N) is 1. The van der Waals surface area contributed by atoms with E-state index >= 15 is 0 Å². The number of ether oxygens (including phenoxy) is 1. The third-order valence-electron chi connectivity index (χ3n) is 5.56. The fraction of sp³-hybridized carbons (Fsp3) is 0.450. The van der Waals surface area contributed by atoms with Gasteiger partial charge in [-0.3, -0.25) is 9.69 Å². The molecule has 0 saturated carbocycles. The van der Waals surface area contributed by atoms with Gasteiger partial charge >= 0.3 is 11.9 Å². The maximum absolute atomic E-state index is 13.5. The van der Waals surface area contributed by atoms with Gasteiger partial charge in [-0.15, -0.1) is 0 Å². The molecule has 2 unspecified atom stereocenters. The number of carboxylic acids is 2. The Balaban J connectivity index is 2.35. The van der Waals surface area contributed by atoms with Gasteiger partial charge in [0.2, 0.25) is 0 Å². The summed E-state index contributed by atoms with van der Waals surface area (Å²) < 4.78 is 5.36. The van der Waals surface area contributed by atoms with Gasteiger partial charge in [0.15, 0.2) is 11.0 Å². The average Bonchev–Trinajstić information content (AvgIpc) is 2.72. The molecule has 5 N–H and O–H groups in total. The number of rotatable bonds is 7. The van der Waals surface area contributed by atoms with E-state index < -0.39 is 40.2 Å². The van der Waals surface area contributed by atoms with Crippen molar-refractivity contribution >= 4 is 34.6 Å². The average molecular weight is 436 g/mol. The highest BCUT2D eigenvalue weighted by Crippen LogP contribution is 2.31. The van der Waals surface area contributed by atoms with Crippen LogP contribution < -0.4 is 11.2 Å². The number of thioether (sulfide) groups is 1. The molecule has 1 saturated heterocycles. The van der Waals surface area contributed by atoms with E-state index in [1.54, 1.807) is 19.1 Å². The number of H-pyrrole nitrogens is 1. The second-order valence-electron chi connectivity index (χ2n) is 7.30. The fourth-order valence-corrected chi connectivity index (χ4v) is 4.79. The van der Waals surface area contributed by atoms with Gasteiger partial charge in [-0.25, -0.2) is 9.59 Å². The molecule has 0 spiro atoms. The number of nitrogens with zero attached hydrogens (tertiary/aromatic N) is 1. The highest BCUT2D eigenvalue weighted by Gasteiger charge is 2.51. The first kappa shape index (κ1) is 22.3. The Bertz CT molecular complexity index is 1030. The lowest BCUT2D eigenvalue weighted by atomic mass is 9.81. The van der Waals surface area contributed by atoms with Crippen molar-refractivity contribution in [3.8, 4) is 0 Å². The lowest BCUT2D eigenvalue weighted by Crippen LogP contribution is -2.65. The van der Waals surface area contributed by atoms with Gasteiger partial charge in [0.1, 0.15) is 5.69 Å². The van der Waals surface area contributed by atoms with Crippen LogP contribution in [0.1, 0.15) is 21.6 Å². The molecule has 1 aliphatic rings. The second-order valence-corrected chi connectivity index (χ2v) is 8.21. The van der Waals surface area contributed by atoms with Crippen LogP contribution in [0, 0.1) is 6.92 Å². The minimum absolute atomic E-state index is 0.205. The first-order valence-electron chi connectivity index (χ1n) is 9.45. The molecule has 2 heterocycles. The first-order chi connectivity index (χ1) is 14.2. The summed E-state index contributed by atoms with van der Waals surface area (Å²) in [4.78, 5) is 42.8. The predicted molar refractivity (Wildman–Crippen MR) is 114 cm³/mol. The van der Waals surface area contributed by atoms with Gasteiger partial charge in [-0.2, -0.15) is 11.8 Å². The Morgan fingerprint density at radius 2 is 2.00 bits per heavy atom. The third kappa shape index (κ3) is 3.71. The largest absolute Gasteiger partial charge is 0.480 e. The molecular weight excluding hydrogens is 410 g/mol. The van der Waals surface area contributed by atoms with E-state index in [2.05, 4.69) is 4.98 Å². The van der Waals surface area contributed by atoms with Crippen molar-refractivity contribution in [3.63, 3.8) is 0 Å². The van der Waals surface area contributed by atoms with E-state index in [9.17, 15) is 24.6 Å².